The Hall–Kier alpha value is -1.69. The van der Waals surface area contributed by atoms with Gasteiger partial charge in [0.2, 0.25) is 5.91 Å². The van der Waals surface area contributed by atoms with Gasteiger partial charge in [0.15, 0.2) is 0 Å². The van der Waals surface area contributed by atoms with E-state index in [1.165, 1.54) is 199 Å². The van der Waals surface area contributed by atoms with Crippen molar-refractivity contribution in [3.8, 4) is 0 Å². The van der Waals surface area contributed by atoms with Gasteiger partial charge in [0.05, 0.1) is 18.8 Å². The minimum absolute atomic E-state index is 0.382. The van der Waals surface area contributed by atoms with Gasteiger partial charge in [-0.1, -0.05) is 255 Å². The molecule has 0 bridgehead atoms. The maximum absolute atomic E-state index is 12.5. The number of rotatable bonds is 48. The molecule has 3 unspecified atom stereocenters. The topological polar surface area (TPSA) is 89.8 Å². The largest absolute Gasteiger partial charge is 0.394 e. The van der Waals surface area contributed by atoms with Crippen LogP contribution in [0.15, 0.2) is 48.6 Å². The molecule has 1 amide bonds. The van der Waals surface area contributed by atoms with Gasteiger partial charge in [-0.3, -0.25) is 4.79 Å². The van der Waals surface area contributed by atoms with Crippen molar-refractivity contribution in [2.75, 3.05) is 6.61 Å². The number of carbonyl (C=O) groups is 1. The fourth-order valence-electron chi connectivity index (χ4n) is 8.04. The average molecular weight is 842 g/mol. The lowest BCUT2D eigenvalue weighted by Gasteiger charge is -2.21. The Labute approximate surface area is 374 Å². The second-order valence-electron chi connectivity index (χ2n) is 18.0. The number of allylic oxidation sites excluding steroid dienone is 7. The Morgan fingerprint density at radius 2 is 0.733 bits per heavy atom. The van der Waals surface area contributed by atoms with Gasteiger partial charge in [0.1, 0.15) is 6.10 Å². The summed E-state index contributed by atoms with van der Waals surface area (Å²) in [5, 5.41) is 33.0. The molecular formula is C55H103NO4. The highest BCUT2D eigenvalue weighted by Crippen LogP contribution is 2.17. The zero-order chi connectivity index (χ0) is 43.7. The van der Waals surface area contributed by atoms with Crippen molar-refractivity contribution < 1.29 is 20.1 Å². The van der Waals surface area contributed by atoms with Crippen LogP contribution in [0.5, 0.6) is 0 Å². The SMILES string of the molecule is CC/C=C/CC/C=C/CC/C=C/C(O)C(CO)NC(=O)C(O)CCCCCCCCCCCCCCCCCC/C=C\CCCCCCCCCCCCCCCCCC. The molecule has 0 aromatic heterocycles. The quantitative estimate of drug-likeness (QED) is 0.0363. The molecule has 0 spiro atoms. The molecule has 0 radical (unpaired) electrons. The summed E-state index contributed by atoms with van der Waals surface area (Å²) in [5.41, 5.74) is 0. The highest BCUT2D eigenvalue weighted by atomic mass is 16.3. The Morgan fingerprint density at radius 1 is 0.417 bits per heavy atom. The van der Waals surface area contributed by atoms with Crippen LogP contribution in [0.4, 0.5) is 0 Å². The molecule has 3 atom stereocenters. The smallest absolute Gasteiger partial charge is 0.249 e. The lowest BCUT2D eigenvalue weighted by Crippen LogP contribution is -2.48. The molecule has 0 fully saturated rings. The third-order valence-electron chi connectivity index (χ3n) is 12.1. The summed E-state index contributed by atoms with van der Waals surface area (Å²) >= 11 is 0. The number of unbranched alkanes of at least 4 members (excludes halogenated alkanes) is 34. The summed E-state index contributed by atoms with van der Waals surface area (Å²) in [4.78, 5) is 12.5. The molecule has 0 aromatic rings. The van der Waals surface area contributed by atoms with Crippen LogP contribution >= 0.6 is 0 Å². The van der Waals surface area contributed by atoms with E-state index in [0.717, 1.165) is 51.4 Å². The average Bonchev–Trinajstić information content (AvgIpc) is 3.25. The van der Waals surface area contributed by atoms with E-state index < -0.39 is 24.2 Å². The predicted octanol–water partition coefficient (Wildman–Crippen LogP) is 16.1. The third-order valence-corrected chi connectivity index (χ3v) is 12.1. The fourth-order valence-corrected chi connectivity index (χ4v) is 8.04. The monoisotopic (exact) mass is 842 g/mol. The Balaban J connectivity index is 3.46. The van der Waals surface area contributed by atoms with Crippen LogP contribution in [0.2, 0.25) is 0 Å². The van der Waals surface area contributed by atoms with E-state index in [0.29, 0.717) is 6.42 Å². The first kappa shape index (κ1) is 58.3. The van der Waals surface area contributed by atoms with Gasteiger partial charge < -0.3 is 20.6 Å². The second kappa shape index (κ2) is 50.0. The first-order valence-corrected chi connectivity index (χ1v) is 26.5. The van der Waals surface area contributed by atoms with Gasteiger partial charge in [0, 0.05) is 0 Å². The van der Waals surface area contributed by atoms with Crippen LogP contribution in [0.1, 0.15) is 271 Å². The van der Waals surface area contributed by atoms with E-state index in [-0.39, 0.29) is 6.61 Å². The molecule has 5 heteroatoms. The van der Waals surface area contributed by atoms with Crippen LogP contribution in [0.25, 0.3) is 0 Å². The van der Waals surface area contributed by atoms with Gasteiger partial charge in [-0.05, 0) is 64.2 Å². The van der Waals surface area contributed by atoms with E-state index in [1.807, 2.05) is 6.08 Å². The Morgan fingerprint density at radius 3 is 1.10 bits per heavy atom. The molecule has 0 aliphatic carbocycles. The fraction of sp³-hybridized carbons (Fsp3) is 0.836. The molecule has 0 aliphatic rings. The van der Waals surface area contributed by atoms with Crippen LogP contribution < -0.4 is 5.32 Å². The summed E-state index contributed by atoms with van der Waals surface area (Å²) in [6.45, 7) is 4.05. The molecule has 4 N–H and O–H groups in total. The third kappa shape index (κ3) is 44.4. The molecule has 0 aliphatic heterocycles. The van der Waals surface area contributed by atoms with Crippen molar-refractivity contribution in [1.29, 1.82) is 0 Å². The maximum atomic E-state index is 12.5. The standard InChI is InChI=1S/C55H103NO4/c1-3-5-7-9-11-13-15-16-17-18-19-20-21-22-23-24-25-26-27-28-29-30-31-32-33-34-35-36-37-38-39-40-42-44-46-48-50-54(59)55(60)56-52(51-57)53(58)49-47-45-43-41-14-12-10-8-6-4-2/h6,8,14,26-27,41,47,49,52-54,57-59H,3-5,7,9-13,15-25,28-40,42-46,48,50-51H2,1-2H3,(H,56,60)/b8-6+,27-26-,41-14+,49-47+. The maximum Gasteiger partial charge on any atom is 0.249 e. The molecule has 5 nitrogen and oxygen atoms in total. The van der Waals surface area contributed by atoms with E-state index >= 15 is 0 Å². The van der Waals surface area contributed by atoms with Crippen molar-refractivity contribution in [3.63, 3.8) is 0 Å². The van der Waals surface area contributed by atoms with Gasteiger partial charge >= 0.3 is 0 Å². The number of nitrogens with one attached hydrogen (secondary N) is 1. The lowest BCUT2D eigenvalue weighted by molar-refractivity contribution is -0.131. The zero-order valence-corrected chi connectivity index (χ0v) is 40.1. The highest BCUT2D eigenvalue weighted by molar-refractivity contribution is 5.80. The number of carbonyl (C=O) groups excluding carboxylic acids is 1. The first-order valence-electron chi connectivity index (χ1n) is 26.5. The minimum Gasteiger partial charge on any atom is -0.394 e. The molecule has 0 rings (SSSR count). The Bertz CT molecular complexity index is 974. The number of hydrogen-bond acceptors (Lipinski definition) is 4. The van der Waals surface area contributed by atoms with Crippen molar-refractivity contribution in [1.82, 2.24) is 5.32 Å². The second-order valence-corrected chi connectivity index (χ2v) is 18.0. The van der Waals surface area contributed by atoms with Crippen molar-refractivity contribution in [2.45, 2.75) is 289 Å². The number of aliphatic hydroxyl groups is 3. The number of aliphatic hydroxyl groups excluding tert-OH is 3. The van der Waals surface area contributed by atoms with Crippen LogP contribution in [0.3, 0.4) is 0 Å². The lowest BCUT2D eigenvalue weighted by atomic mass is 10.0. The molecular weight excluding hydrogens is 739 g/mol. The van der Waals surface area contributed by atoms with Gasteiger partial charge in [0.25, 0.3) is 0 Å². The molecule has 0 aromatic carbocycles. The Kier molecular flexibility index (Phi) is 48.6. The summed E-state index contributed by atoms with van der Waals surface area (Å²) in [7, 11) is 0. The van der Waals surface area contributed by atoms with E-state index in [1.54, 1.807) is 6.08 Å². The zero-order valence-electron chi connectivity index (χ0n) is 40.1. The molecule has 60 heavy (non-hydrogen) atoms. The van der Waals surface area contributed by atoms with Crippen molar-refractivity contribution in [3.05, 3.63) is 48.6 Å². The van der Waals surface area contributed by atoms with Gasteiger partial charge in [-0.2, -0.15) is 0 Å². The first-order chi connectivity index (χ1) is 29.6. The molecule has 0 saturated carbocycles. The summed E-state index contributed by atoms with van der Waals surface area (Å²) in [6, 6.07) is -0.819. The minimum atomic E-state index is -1.11. The van der Waals surface area contributed by atoms with Gasteiger partial charge in [-0.15, -0.1) is 0 Å². The molecule has 0 heterocycles. The van der Waals surface area contributed by atoms with Crippen molar-refractivity contribution >= 4 is 5.91 Å². The van der Waals surface area contributed by atoms with Gasteiger partial charge in [-0.25, -0.2) is 0 Å². The molecule has 352 valence electrons. The van der Waals surface area contributed by atoms with Crippen LogP contribution in [-0.4, -0.2) is 46.1 Å². The summed E-state index contributed by atoms with van der Waals surface area (Å²) < 4.78 is 0. The molecule has 0 saturated heterocycles. The van der Waals surface area contributed by atoms with E-state index in [4.69, 9.17) is 0 Å². The highest BCUT2D eigenvalue weighted by Gasteiger charge is 2.22. The predicted molar refractivity (Wildman–Crippen MR) is 264 cm³/mol. The van der Waals surface area contributed by atoms with E-state index in [9.17, 15) is 20.1 Å². The number of amides is 1. The van der Waals surface area contributed by atoms with Crippen LogP contribution in [-0.2, 0) is 4.79 Å². The van der Waals surface area contributed by atoms with E-state index in [2.05, 4.69) is 55.6 Å². The van der Waals surface area contributed by atoms with Crippen LogP contribution in [0, 0.1) is 0 Å². The van der Waals surface area contributed by atoms with Crippen molar-refractivity contribution in [2.24, 2.45) is 0 Å². The normalized spacial score (nSPS) is 13.8. The summed E-state index contributed by atoms with van der Waals surface area (Å²) in [6.07, 6.45) is 66.5. The number of hydrogen-bond donors (Lipinski definition) is 4. The summed E-state index contributed by atoms with van der Waals surface area (Å²) in [5.74, 6) is -0.518.